The van der Waals surface area contributed by atoms with E-state index in [4.69, 9.17) is 22.3 Å². The summed E-state index contributed by atoms with van der Waals surface area (Å²) in [5.74, 6) is -6.48. The molecule has 0 aliphatic rings. The highest BCUT2D eigenvalue weighted by molar-refractivity contribution is 5.95. The van der Waals surface area contributed by atoms with Crippen molar-refractivity contribution in [1.82, 2.24) is 16.0 Å². The maximum Gasteiger partial charge on any atom is 0.326 e. The van der Waals surface area contributed by atoms with E-state index in [2.05, 4.69) is 16.0 Å². The SMILES string of the molecule is CC(O)C(NC(=O)C(CCC(N)=O)NC(=O)C(N)CC(=O)O)C(=O)NC(CCCCN)C(=O)O. The minimum Gasteiger partial charge on any atom is -0.481 e. The zero-order chi connectivity index (χ0) is 26.4. The van der Waals surface area contributed by atoms with E-state index < -0.39 is 72.3 Å². The van der Waals surface area contributed by atoms with Crippen LogP contribution in [0.3, 0.4) is 0 Å². The third-order valence-corrected chi connectivity index (χ3v) is 4.67. The summed E-state index contributed by atoms with van der Waals surface area (Å²) in [7, 11) is 0. The molecular weight excluding hydrogens is 456 g/mol. The molecule has 0 bridgehead atoms. The first kappa shape index (κ1) is 30.7. The van der Waals surface area contributed by atoms with Gasteiger partial charge in [-0.3, -0.25) is 24.0 Å². The second-order valence-electron chi connectivity index (χ2n) is 7.68. The number of primary amides is 1. The van der Waals surface area contributed by atoms with Gasteiger partial charge in [0, 0.05) is 6.42 Å². The number of aliphatic hydroxyl groups is 1. The van der Waals surface area contributed by atoms with Crippen LogP contribution in [-0.4, -0.2) is 87.7 Å². The first-order valence-electron chi connectivity index (χ1n) is 10.6. The molecule has 0 saturated heterocycles. The number of aliphatic hydroxyl groups excluding tert-OH is 1. The molecule has 5 unspecified atom stereocenters. The average molecular weight is 491 g/mol. The van der Waals surface area contributed by atoms with E-state index in [1.54, 1.807) is 0 Å². The van der Waals surface area contributed by atoms with Crippen molar-refractivity contribution < 1.29 is 44.1 Å². The number of carboxylic acid groups (broad SMARTS) is 2. The lowest BCUT2D eigenvalue weighted by molar-refractivity contribution is -0.143. The Hall–Kier alpha value is -3.30. The molecule has 0 aromatic carbocycles. The highest BCUT2D eigenvalue weighted by Gasteiger charge is 2.33. The Labute approximate surface area is 195 Å². The zero-order valence-corrected chi connectivity index (χ0v) is 18.9. The van der Waals surface area contributed by atoms with Crippen molar-refractivity contribution in [3.05, 3.63) is 0 Å². The van der Waals surface area contributed by atoms with E-state index in [9.17, 15) is 39.0 Å². The Morgan fingerprint density at radius 2 is 1.44 bits per heavy atom. The number of amides is 4. The van der Waals surface area contributed by atoms with Gasteiger partial charge in [-0.15, -0.1) is 0 Å². The number of nitrogens with two attached hydrogens (primary N) is 3. The average Bonchev–Trinajstić information content (AvgIpc) is 2.72. The van der Waals surface area contributed by atoms with Crippen LogP contribution >= 0.6 is 0 Å². The van der Waals surface area contributed by atoms with Crippen molar-refractivity contribution in [2.75, 3.05) is 6.54 Å². The zero-order valence-electron chi connectivity index (χ0n) is 18.9. The lowest BCUT2D eigenvalue weighted by Crippen LogP contribution is -2.60. The van der Waals surface area contributed by atoms with Gasteiger partial charge in [0.2, 0.25) is 23.6 Å². The molecule has 0 spiro atoms. The topological polar surface area (TPSA) is 277 Å². The van der Waals surface area contributed by atoms with Gasteiger partial charge in [-0.2, -0.15) is 0 Å². The summed E-state index contributed by atoms with van der Waals surface area (Å²) in [6.45, 7) is 1.51. The summed E-state index contributed by atoms with van der Waals surface area (Å²) in [6.07, 6.45) is -1.84. The van der Waals surface area contributed by atoms with Crippen LogP contribution in [0.5, 0.6) is 0 Å². The number of aliphatic carboxylic acids is 2. The molecule has 34 heavy (non-hydrogen) atoms. The largest absolute Gasteiger partial charge is 0.481 e. The monoisotopic (exact) mass is 490 g/mol. The highest BCUT2D eigenvalue weighted by Crippen LogP contribution is 2.05. The van der Waals surface area contributed by atoms with Gasteiger partial charge in [-0.1, -0.05) is 0 Å². The van der Waals surface area contributed by atoms with Crippen LogP contribution in [0.2, 0.25) is 0 Å². The van der Waals surface area contributed by atoms with Crippen molar-refractivity contribution in [3.63, 3.8) is 0 Å². The number of unbranched alkanes of at least 4 members (excludes halogenated alkanes) is 1. The molecule has 0 fully saturated rings. The lowest BCUT2D eigenvalue weighted by Gasteiger charge is -2.26. The Morgan fingerprint density at radius 3 is 1.91 bits per heavy atom. The lowest BCUT2D eigenvalue weighted by atomic mass is 10.1. The molecule has 0 aromatic rings. The highest BCUT2D eigenvalue weighted by atomic mass is 16.4. The number of carboxylic acids is 2. The Morgan fingerprint density at radius 1 is 0.853 bits per heavy atom. The third kappa shape index (κ3) is 12.1. The van der Waals surface area contributed by atoms with E-state index in [0.717, 1.165) is 0 Å². The van der Waals surface area contributed by atoms with Gasteiger partial charge < -0.3 is 48.5 Å². The van der Waals surface area contributed by atoms with Crippen LogP contribution in [0, 0.1) is 0 Å². The number of hydrogen-bond acceptors (Lipinski definition) is 9. The van der Waals surface area contributed by atoms with E-state index in [0.29, 0.717) is 19.4 Å². The van der Waals surface area contributed by atoms with E-state index in [1.165, 1.54) is 6.92 Å². The molecule has 0 rings (SSSR count). The molecule has 15 nitrogen and oxygen atoms in total. The quantitative estimate of drug-likeness (QED) is 0.0888. The number of carbonyl (C=O) groups excluding carboxylic acids is 4. The minimum absolute atomic E-state index is 0.0670. The Balaban J connectivity index is 5.44. The van der Waals surface area contributed by atoms with Gasteiger partial charge in [0.25, 0.3) is 0 Å². The maximum atomic E-state index is 12.7. The van der Waals surface area contributed by atoms with E-state index in [1.807, 2.05) is 0 Å². The van der Waals surface area contributed by atoms with Crippen LogP contribution in [0.4, 0.5) is 0 Å². The summed E-state index contributed by atoms with van der Waals surface area (Å²) in [5, 5.41) is 34.7. The molecule has 12 N–H and O–H groups in total. The second kappa shape index (κ2) is 15.5. The van der Waals surface area contributed by atoms with Crippen molar-refractivity contribution in [2.45, 2.75) is 75.7 Å². The predicted octanol–water partition coefficient (Wildman–Crippen LogP) is -3.90. The maximum absolute atomic E-state index is 12.7. The normalized spacial score (nSPS) is 15.2. The molecule has 194 valence electrons. The molecule has 0 saturated carbocycles. The predicted molar refractivity (Wildman–Crippen MR) is 117 cm³/mol. The fraction of sp³-hybridized carbons (Fsp3) is 0.684. The van der Waals surface area contributed by atoms with Crippen molar-refractivity contribution in [2.24, 2.45) is 17.2 Å². The van der Waals surface area contributed by atoms with Crippen LogP contribution < -0.4 is 33.2 Å². The van der Waals surface area contributed by atoms with Gasteiger partial charge in [0.15, 0.2) is 0 Å². The van der Waals surface area contributed by atoms with Crippen LogP contribution in [0.1, 0.15) is 45.4 Å². The van der Waals surface area contributed by atoms with Gasteiger partial charge >= 0.3 is 11.9 Å². The number of hydrogen-bond donors (Lipinski definition) is 9. The second-order valence-corrected chi connectivity index (χ2v) is 7.68. The smallest absolute Gasteiger partial charge is 0.326 e. The van der Waals surface area contributed by atoms with E-state index >= 15 is 0 Å². The molecule has 0 aliphatic carbocycles. The first-order chi connectivity index (χ1) is 15.8. The van der Waals surface area contributed by atoms with Gasteiger partial charge in [0.1, 0.15) is 18.1 Å². The minimum atomic E-state index is -1.61. The van der Waals surface area contributed by atoms with Gasteiger partial charge in [0.05, 0.1) is 18.6 Å². The van der Waals surface area contributed by atoms with Crippen LogP contribution in [0.25, 0.3) is 0 Å². The Bertz CT molecular complexity index is 746. The molecule has 0 aromatic heterocycles. The summed E-state index contributed by atoms with van der Waals surface area (Å²) in [5.41, 5.74) is 15.9. The van der Waals surface area contributed by atoms with Gasteiger partial charge in [-0.05, 0) is 39.2 Å². The first-order valence-corrected chi connectivity index (χ1v) is 10.6. The van der Waals surface area contributed by atoms with E-state index in [-0.39, 0.29) is 19.3 Å². The standard InChI is InChI=1S/C19H34N6O9/c1-9(26)15(18(32)24-12(19(33)34)4-2-3-7-20)25-17(31)11(5-6-13(22)27)23-16(30)10(21)8-14(28)29/h9-12,15,26H,2-8,20-21H2,1H3,(H2,22,27)(H,23,30)(H,24,32)(H,25,31)(H,28,29)(H,33,34). The van der Waals surface area contributed by atoms with Crippen LogP contribution in [-0.2, 0) is 28.8 Å². The summed E-state index contributed by atoms with van der Waals surface area (Å²) in [6, 6.07) is -5.85. The fourth-order valence-electron chi connectivity index (χ4n) is 2.79. The van der Waals surface area contributed by atoms with Crippen LogP contribution in [0.15, 0.2) is 0 Å². The fourth-order valence-corrected chi connectivity index (χ4v) is 2.79. The summed E-state index contributed by atoms with van der Waals surface area (Å²) >= 11 is 0. The summed E-state index contributed by atoms with van der Waals surface area (Å²) in [4.78, 5) is 70.8. The van der Waals surface area contributed by atoms with Gasteiger partial charge in [-0.25, -0.2) is 4.79 Å². The van der Waals surface area contributed by atoms with Crippen molar-refractivity contribution in [1.29, 1.82) is 0 Å². The summed E-state index contributed by atoms with van der Waals surface area (Å²) < 4.78 is 0. The number of nitrogens with one attached hydrogen (secondary N) is 3. The molecule has 0 heterocycles. The molecule has 0 radical (unpaired) electrons. The Kier molecular flexibility index (Phi) is 14.0. The molecule has 15 heteroatoms. The number of rotatable bonds is 17. The molecule has 4 amide bonds. The molecule has 5 atom stereocenters. The number of carbonyl (C=O) groups is 6. The van der Waals surface area contributed by atoms with Crippen molar-refractivity contribution in [3.8, 4) is 0 Å². The molecular formula is C19H34N6O9. The van der Waals surface area contributed by atoms with Crippen molar-refractivity contribution >= 4 is 35.6 Å². The molecule has 0 aliphatic heterocycles. The third-order valence-electron chi connectivity index (χ3n) is 4.67.